The molecule has 1 saturated heterocycles. The number of piperazine rings is 1. The van der Waals surface area contributed by atoms with Crippen molar-refractivity contribution in [3.05, 3.63) is 60.2 Å². The van der Waals surface area contributed by atoms with E-state index in [9.17, 15) is 13.2 Å². The molecule has 2 aromatic rings. The van der Waals surface area contributed by atoms with E-state index in [0.717, 1.165) is 0 Å². The molecule has 6 nitrogen and oxygen atoms in total. The highest BCUT2D eigenvalue weighted by atomic mass is 32.2. The fourth-order valence-electron chi connectivity index (χ4n) is 3.09. The van der Waals surface area contributed by atoms with Gasteiger partial charge in [0.1, 0.15) is 5.75 Å². The second-order valence-electron chi connectivity index (χ2n) is 6.25. The van der Waals surface area contributed by atoms with E-state index in [1.807, 2.05) is 25.1 Å². The summed E-state index contributed by atoms with van der Waals surface area (Å²) in [5, 5.41) is 0. The summed E-state index contributed by atoms with van der Waals surface area (Å²) < 4.78 is 32.2. The number of methoxy groups -OCH3 is 1. The molecule has 1 aliphatic rings. The van der Waals surface area contributed by atoms with Crippen molar-refractivity contribution in [2.45, 2.75) is 17.9 Å². The maximum absolute atomic E-state index is 12.9. The Labute approximate surface area is 154 Å². The monoisotopic (exact) mass is 374 g/mol. The van der Waals surface area contributed by atoms with Gasteiger partial charge in [0.2, 0.25) is 10.0 Å². The Morgan fingerprint density at radius 2 is 1.69 bits per heavy atom. The van der Waals surface area contributed by atoms with E-state index in [4.69, 9.17) is 4.74 Å². The summed E-state index contributed by atoms with van der Waals surface area (Å²) in [6.45, 7) is 2.78. The number of benzene rings is 2. The van der Waals surface area contributed by atoms with Crippen LogP contribution < -0.4 is 4.74 Å². The van der Waals surface area contributed by atoms with Crippen molar-refractivity contribution in [1.29, 1.82) is 0 Å². The molecule has 1 unspecified atom stereocenters. The third kappa shape index (κ3) is 3.59. The second-order valence-corrected chi connectivity index (χ2v) is 8.19. The highest BCUT2D eigenvalue weighted by molar-refractivity contribution is 7.89. The molecule has 7 heteroatoms. The van der Waals surface area contributed by atoms with E-state index in [1.165, 1.54) is 11.4 Å². The Bertz CT molecular complexity index is 866. The van der Waals surface area contributed by atoms with Gasteiger partial charge in [-0.05, 0) is 43.3 Å². The summed E-state index contributed by atoms with van der Waals surface area (Å²) in [6, 6.07) is 15.2. The van der Waals surface area contributed by atoms with Crippen LogP contribution in [-0.2, 0) is 10.0 Å². The molecule has 26 heavy (non-hydrogen) atoms. The first-order valence-electron chi connectivity index (χ1n) is 8.43. The van der Waals surface area contributed by atoms with E-state index in [2.05, 4.69) is 0 Å². The number of carbonyl (C=O) groups excluding carboxylic acids is 1. The van der Waals surface area contributed by atoms with E-state index >= 15 is 0 Å². The molecule has 0 N–H and O–H groups in total. The second kappa shape index (κ2) is 7.47. The molecule has 0 saturated carbocycles. The van der Waals surface area contributed by atoms with Crippen LogP contribution in [0.4, 0.5) is 0 Å². The minimum absolute atomic E-state index is 0.0698. The van der Waals surface area contributed by atoms with Gasteiger partial charge in [-0.2, -0.15) is 4.31 Å². The lowest BCUT2D eigenvalue weighted by Crippen LogP contribution is -2.55. The van der Waals surface area contributed by atoms with Gasteiger partial charge in [0, 0.05) is 31.2 Å². The zero-order chi connectivity index (χ0) is 18.7. The lowest BCUT2D eigenvalue weighted by atomic mass is 10.1. The predicted molar refractivity (Wildman–Crippen MR) is 98.7 cm³/mol. The first-order chi connectivity index (χ1) is 12.4. The Morgan fingerprint density at radius 3 is 2.27 bits per heavy atom. The van der Waals surface area contributed by atoms with Gasteiger partial charge in [0.25, 0.3) is 5.91 Å². The van der Waals surface area contributed by atoms with Crippen LogP contribution in [0.3, 0.4) is 0 Å². The molecular weight excluding hydrogens is 352 g/mol. The molecule has 0 aromatic heterocycles. The molecule has 0 aliphatic carbocycles. The average Bonchev–Trinajstić information content (AvgIpc) is 2.68. The van der Waals surface area contributed by atoms with Gasteiger partial charge in [-0.1, -0.05) is 18.2 Å². The van der Waals surface area contributed by atoms with Crippen molar-refractivity contribution >= 4 is 15.9 Å². The van der Waals surface area contributed by atoms with E-state index < -0.39 is 10.0 Å². The number of hydrogen-bond acceptors (Lipinski definition) is 4. The lowest BCUT2D eigenvalue weighted by Gasteiger charge is -2.39. The molecule has 138 valence electrons. The maximum atomic E-state index is 12.9. The predicted octanol–water partition coefficient (Wildman–Crippen LogP) is 2.23. The summed E-state index contributed by atoms with van der Waals surface area (Å²) >= 11 is 0. The summed E-state index contributed by atoms with van der Waals surface area (Å²) in [7, 11) is -2.06. The molecule has 1 heterocycles. The smallest absolute Gasteiger partial charge is 0.254 e. The third-order valence-electron chi connectivity index (χ3n) is 4.57. The highest BCUT2D eigenvalue weighted by Crippen LogP contribution is 2.23. The standard InChI is InChI=1S/C19H22N2O4S/c1-15-14-20(26(23,24)18-10-8-17(25-2)9-11-18)12-13-21(15)19(22)16-6-4-3-5-7-16/h3-11,15H,12-14H2,1-2H3. The third-order valence-corrected chi connectivity index (χ3v) is 6.45. The summed E-state index contributed by atoms with van der Waals surface area (Å²) in [4.78, 5) is 14.6. The number of ether oxygens (including phenoxy) is 1. The molecule has 0 radical (unpaired) electrons. The molecule has 3 rings (SSSR count). The molecule has 0 spiro atoms. The van der Waals surface area contributed by atoms with Crippen LogP contribution in [0, 0.1) is 0 Å². The Balaban J connectivity index is 1.74. The number of nitrogens with zero attached hydrogens (tertiary/aromatic N) is 2. The Kier molecular flexibility index (Phi) is 5.29. The first kappa shape index (κ1) is 18.4. The van der Waals surface area contributed by atoms with Gasteiger partial charge < -0.3 is 9.64 Å². The number of rotatable bonds is 4. The van der Waals surface area contributed by atoms with Crippen molar-refractivity contribution in [1.82, 2.24) is 9.21 Å². The van der Waals surface area contributed by atoms with E-state index in [-0.39, 0.29) is 29.9 Å². The van der Waals surface area contributed by atoms with Crippen LogP contribution in [0.25, 0.3) is 0 Å². The molecule has 2 aromatic carbocycles. The Hall–Kier alpha value is -2.38. The van der Waals surface area contributed by atoms with Gasteiger partial charge in [-0.25, -0.2) is 8.42 Å². The van der Waals surface area contributed by atoms with Crippen molar-refractivity contribution in [3.8, 4) is 5.75 Å². The van der Waals surface area contributed by atoms with E-state index in [1.54, 1.807) is 41.3 Å². The number of sulfonamides is 1. The SMILES string of the molecule is COc1ccc(S(=O)(=O)N2CCN(C(=O)c3ccccc3)C(C)C2)cc1. The number of carbonyl (C=O) groups is 1. The average molecular weight is 374 g/mol. The molecule has 1 atom stereocenters. The van der Waals surface area contributed by atoms with Gasteiger partial charge in [0.05, 0.1) is 12.0 Å². The topological polar surface area (TPSA) is 66.9 Å². The summed E-state index contributed by atoms with van der Waals surface area (Å²) in [5.74, 6) is 0.537. The molecule has 1 amide bonds. The number of hydrogen-bond donors (Lipinski definition) is 0. The molecule has 1 aliphatic heterocycles. The fraction of sp³-hybridized carbons (Fsp3) is 0.316. The number of amides is 1. The lowest BCUT2D eigenvalue weighted by molar-refractivity contribution is 0.0591. The van der Waals surface area contributed by atoms with Crippen LogP contribution >= 0.6 is 0 Å². The van der Waals surface area contributed by atoms with Gasteiger partial charge in [-0.3, -0.25) is 4.79 Å². The maximum Gasteiger partial charge on any atom is 0.254 e. The van der Waals surface area contributed by atoms with Crippen LogP contribution in [0.1, 0.15) is 17.3 Å². The van der Waals surface area contributed by atoms with Gasteiger partial charge in [-0.15, -0.1) is 0 Å². The van der Waals surface area contributed by atoms with E-state index in [0.29, 0.717) is 17.9 Å². The van der Waals surface area contributed by atoms with Crippen molar-refractivity contribution in [2.24, 2.45) is 0 Å². The van der Waals surface area contributed by atoms with Crippen LogP contribution in [0.15, 0.2) is 59.5 Å². The Morgan fingerprint density at radius 1 is 1.04 bits per heavy atom. The quantitative estimate of drug-likeness (QED) is 0.823. The first-order valence-corrected chi connectivity index (χ1v) is 9.87. The normalized spacial score (nSPS) is 18.5. The van der Waals surface area contributed by atoms with Gasteiger partial charge >= 0.3 is 0 Å². The molecular formula is C19H22N2O4S. The highest BCUT2D eigenvalue weighted by Gasteiger charge is 2.34. The fourth-order valence-corrected chi connectivity index (χ4v) is 4.60. The molecule has 1 fully saturated rings. The minimum Gasteiger partial charge on any atom is -0.497 e. The van der Waals surface area contributed by atoms with Crippen molar-refractivity contribution < 1.29 is 17.9 Å². The summed E-state index contributed by atoms with van der Waals surface area (Å²) in [5.41, 5.74) is 0.616. The summed E-state index contributed by atoms with van der Waals surface area (Å²) in [6.07, 6.45) is 0. The zero-order valence-electron chi connectivity index (χ0n) is 14.8. The van der Waals surface area contributed by atoms with Crippen LogP contribution in [0.2, 0.25) is 0 Å². The largest absolute Gasteiger partial charge is 0.497 e. The minimum atomic E-state index is -3.59. The van der Waals surface area contributed by atoms with Crippen molar-refractivity contribution in [3.63, 3.8) is 0 Å². The van der Waals surface area contributed by atoms with Crippen LogP contribution in [0.5, 0.6) is 5.75 Å². The zero-order valence-corrected chi connectivity index (χ0v) is 15.6. The van der Waals surface area contributed by atoms with Gasteiger partial charge in [0.15, 0.2) is 0 Å². The van der Waals surface area contributed by atoms with Crippen LogP contribution in [-0.4, -0.2) is 56.3 Å². The molecule has 0 bridgehead atoms. The van der Waals surface area contributed by atoms with Crippen molar-refractivity contribution in [2.75, 3.05) is 26.7 Å².